The fourth-order valence-corrected chi connectivity index (χ4v) is 4.94. The Balaban J connectivity index is 1.95. The summed E-state index contributed by atoms with van der Waals surface area (Å²) < 4.78 is 26.1. The zero-order chi connectivity index (χ0) is 21.1. The molecule has 0 atom stereocenters. The van der Waals surface area contributed by atoms with Crippen molar-refractivity contribution in [2.45, 2.75) is 13.8 Å². The Kier molecular flexibility index (Phi) is 7.42. The number of benzene rings is 2. The average molecular weight is 564 g/mol. The van der Waals surface area contributed by atoms with Gasteiger partial charge in [0.25, 0.3) is 5.91 Å². The van der Waals surface area contributed by atoms with Gasteiger partial charge in [-0.1, -0.05) is 35.6 Å². The number of amides is 1. The highest BCUT2D eigenvalue weighted by atomic mass is 127. The van der Waals surface area contributed by atoms with Gasteiger partial charge < -0.3 is 9.47 Å². The molecule has 1 saturated heterocycles. The van der Waals surface area contributed by atoms with E-state index in [9.17, 15) is 9.18 Å². The average Bonchev–Trinajstić information content (AvgIpc) is 2.94. The third kappa shape index (κ3) is 4.87. The number of thiocarbonyl (C=S) groups is 1. The van der Waals surface area contributed by atoms with Crippen LogP contribution in [0.25, 0.3) is 6.08 Å². The molecule has 152 valence electrons. The van der Waals surface area contributed by atoms with E-state index in [-0.39, 0.29) is 10.9 Å². The van der Waals surface area contributed by atoms with Crippen molar-refractivity contribution in [1.29, 1.82) is 0 Å². The number of carbonyl (C=O) groups is 1. The lowest BCUT2D eigenvalue weighted by Gasteiger charge is -2.15. The topological polar surface area (TPSA) is 38.8 Å². The number of thioether (sulfide) groups is 1. The summed E-state index contributed by atoms with van der Waals surface area (Å²) in [7, 11) is 0. The molecule has 0 saturated carbocycles. The molecule has 0 unspecified atom stereocenters. The van der Waals surface area contributed by atoms with Gasteiger partial charge in [0.1, 0.15) is 5.82 Å². The number of anilines is 1. The predicted molar refractivity (Wildman–Crippen MR) is 129 cm³/mol. The van der Waals surface area contributed by atoms with Crippen molar-refractivity contribution in [1.82, 2.24) is 0 Å². The molecule has 0 radical (unpaired) electrons. The number of hydrogen-bond donors (Lipinski definition) is 0. The minimum Gasteiger partial charge on any atom is -0.490 e. The minimum absolute atomic E-state index is 0.0667. The van der Waals surface area contributed by atoms with Crippen LogP contribution in [0.3, 0.4) is 0 Å². The van der Waals surface area contributed by atoms with Crippen LogP contribution in [-0.2, 0) is 4.79 Å². The third-order valence-electron chi connectivity index (χ3n) is 3.87. The second-order valence-corrected chi connectivity index (χ2v) is 9.06. The van der Waals surface area contributed by atoms with Crippen molar-refractivity contribution in [3.05, 3.63) is 55.2 Å². The summed E-state index contributed by atoms with van der Waals surface area (Å²) in [5, 5.41) is -0.0667. The molecule has 2 aromatic rings. The summed E-state index contributed by atoms with van der Waals surface area (Å²) in [4.78, 5) is 14.7. The summed E-state index contributed by atoms with van der Waals surface area (Å²) in [6, 6.07) is 7.82. The third-order valence-corrected chi connectivity index (χ3v) is 6.27. The van der Waals surface area contributed by atoms with Crippen molar-refractivity contribution in [3.8, 4) is 11.5 Å². The number of hydrogen-bond acceptors (Lipinski definition) is 5. The Hall–Kier alpha value is -1.36. The quantitative estimate of drug-likeness (QED) is 0.235. The maximum atomic E-state index is 13.5. The first-order valence-corrected chi connectivity index (χ1v) is 11.4. The monoisotopic (exact) mass is 563 g/mol. The van der Waals surface area contributed by atoms with Gasteiger partial charge in [-0.25, -0.2) is 4.39 Å². The highest BCUT2D eigenvalue weighted by Crippen LogP contribution is 2.39. The van der Waals surface area contributed by atoms with Gasteiger partial charge in [-0.15, -0.1) is 0 Å². The van der Waals surface area contributed by atoms with Gasteiger partial charge in [-0.05, 0) is 78.4 Å². The van der Waals surface area contributed by atoms with E-state index in [0.29, 0.717) is 39.6 Å². The second-order valence-electron chi connectivity index (χ2n) is 5.81. The highest BCUT2D eigenvalue weighted by molar-refractivity contribution is 14.1. The molecule has 1 fully saturated rings. The van der Waals surface area contributed by atoms with E-state index in [1.165, 1.54) is 34.9 Å². The number of carbonyl (C=O) groups excluding carboxylic acids is 1. The maximum Gasteiger partial charge on any atom is 0.270 e. The van der Waals surface area contributed by atoms with Crippen LogP contribution in [0, 0.1) is 9.39 Å². The van der Waals surface area contributed by atoms with Crippen molar-refractivity contribution < 1.29 is 18.7 Å². The molecule has 0 aliphatic carbocycles. The number of ether oxygens (including phenoxy) is 2. The van der Waals surface area contributed by atoms with Crippen LogP contribution in [-0.4, -0.2) is 23.4 Å². The molecule has 0 spiro atoms. The normalized spacial score (nSPS) is 15.3. The van der Waals surface area contributed by atoms with Crippen LogP contribution in [0.1, 0.15) is 19.4 Å². The van der Waals surface area contributed by atoms with E-state index >= 15 is 0 Å². The van der Waals surface area contributed by atoms with Crippen molar-refractivity contribution in [2.75, 3.05) is 18.1 Å². The van der Waals surface area contributed by atoms with Gasteiger partial charge in [0, 0.05) is 0 Å². The summed E-state index contributed by atoms with van der Waals surface area (Å²) >= 11 is 14.6. The Morgan fingerprint density at radius 2 is 1.97 bits per heavy atom. The first kappa shape index (κ1) is 22.3. The van der Waals surface area contributed by atoms with E-state index in [4.69, 9.17) is 33.3 Å². The highest BCUT2D eigenvalue weighted by Gasteiger charge is 2.33. The number of rotatable bonds is 6. The lowest BCUT2D eigenvalue weighted by atomic mass is 10.1. The van der Waals surface area contributed by atoms with Gasteiger partial charge >= 0.3 is 0 Å². The molecule has 29 heavy (non-hydrogen) atoms. The standard InChI is InChI=1S/C20H16ClFINO3S2/c1-3-26-16-8-11(7-15(23)18(16)27-4-2)9-17-19(25)24(20(28)29-17)12-5-6-14(22)13(21)10-12/h5-10H,3-4H2,1-2H3/b17-9+. The van der Waals surface area contributed by atoms with Gasteiger partial charge in [-0.2, -0.15) is 0 Å². The zero-order valence-electron chi connectivity index (χ0n) is 15.5. The molecule has 3 rings (SSSR count). The molecule has 2 aromatic carbocycles. The largest absolute Gasteiger partial charge is 0.490 e. The van der Waals surface area contributed by atoms with Crippen LogP contribution < -0.4 is 14.4 Å². The van der Waals surface area contributed by atoms with E-state index in [2.05, 4.69) is 22.6 Å². The zero-order valence-corrected chi connectivity index (χ0v) is 20.0. The molecular formula is C20H16ClFINO3S2. The van der Waals surface area contributed by atoms with Crippen LogP contribution in [0.2, 0.25) is 5.02 Å². The lowest BCUT2D eigenvalue weighted by molar-refractivity contribution is -0.113. The van der Waals surface area contributed by atoms with Gasteiger partial charge in [0.15, 0.2) is 15.8 Å². The molecule has 4 nitrogen and oxygen atoms in total. The predicted octanol–water partition coefficient (Wildman–Crippen LogP) is 6.29. The number of halogens is 3. The summed E-state index contributed by atoms with van der Waals surface area (Å²) in [5.74, 6) is 0.460. The fourth-order valence-electron chi connectivity index (χ4n) is 2.68. The van der Waals surface area contributed by atoms with Gasteiger partial charge in [-0.3, -0.25) is 9.69 Å². The van der Waals surface area contributed by atoms with Crippen molar-refractivity contribution >= 4 is 80.2 Å². The molecule has 1 heterocycles. The molecule has 1 aliphatic heterocycles. The molecular weight excluding hydrogens is 548 g/mol. The fraction of sp³-hybridized carbons (Fsp3) is 0.200. The van der Waals surface area contributed by atoms with E-state index < -0.39 is 5.82 Å². The smallest absolute Gasteiger partial charge is 0.270 e. The van der Waals surface area contributed by atoms with Gasteiger partial charge in [0.2, 0.25) is 0 Å². The van der Waals surface area contributed by atoms with E-state index in [1.807, 2.05) is 26.0 Å². The molecule has 0 N–H and O–H groups in total. The Morgan fingerprint density at radius 1 is 1.24 bits per heavy atom. The Morgan fingerprint density at radius 3 is 2.62 bits per heavy atom. The lowest BCUT2D eigenvalue weighted by Crippen LogP contribution is -2.27. The van der Waals surface area contributed by atoms with Crippen LogP contribution in [0.15, 0.2) is 35.2 Å². The van der Waals surface area contributed by atoms with E-state index in [0.717, 1.165) is 9.13 Å². The molecule has 1 aliphatic rings. The van der Waals surface area contributed by atoms with Crippen LogP contribution in [0.5, 0.6) is 11.5 Å². The van der Waals surface area contributed by atoms with Crippen LogP contribution in [0.4, 0.5) is 10.1 Å². The SMILES string of the molecule is CCOc1cc(/C=C2/SC(=S)N(c3ccc(F)c(Cl)c3)C2=O)cc(I)c1OCC. The Bertz CT molecular complexity index is 1020. The van der Waals surface area contributed by atoms with Crippen molar-refractivity contribution in [3.63, 3.8) is 0 Å². The molecule has 9 heteroatoms. The summed E-state index contributed by atoms with van der Waals surface area (Å²) in [5.41, 5.74) is 1.22. The minimum atomic E-state index is -0.552. The van der Waals surface area contributed by atoms with Crippen LogP contribution >= 0.6 is 58.2 Å². The molecule has 0 bridgehead atoms. The van der Waals surface area contributed by atoms with E-state index in [1.54, 1.807) is 6.08 Å². The summed E-state index contributed by atoms with van der Waals surface area (Å²) in [6.07, 6.45) is 1.75. The first-order valence-electron chi connectivity index (χ1n) is 8.67. The molecule has 0 aromatic heterocycles. The maximum absolute atomic E-state index is 13.5. The van der Waals surface area contributed by atoms with Crippen molar-refractivity contribution in [2.24, 2.45) is 0 Å². The van der Waals surface area contributed by atoms with Gasteiger partial charge in [0.05, 0.1) is 32.4 Å². The summed E-state index contributed by atoms with van der Waals surface area (Å²) in [6.45, 7) is 4.82. The number of nitrogens with zero attached hydrogens (tertiary/aromatic N) is 1. The Labute approximate surface area is 196 Å². The molecule has 1 amide bonds. The second kappa shape index (κ2) is 9.63. The first-order chi connectivity index (χ1) is 13.8.